The van der Waals surface area contributed by atoms with Gasteiger partial charge in [-0.25, -0.2) is 0 Å². The largest absolute Gasteiger partial charge is 0.494 e. The molecule has 4 nitrogen and oxygen atoms in total. The molecular weight excluding hydrogens is 242 g/mol. The van der Waals surface area contributed by atoms with Crippen LogP contribution in [0.2, 0.25) is 0 Å². The summed E-state index contributed by atoms with van der Waals surface area (Å²) in [5.41, 5.74) is 0.669. The van der Waals surface area contributed by atoms with Gasteiger partial charge < -0.3 is 14.8 Å². The summed E-state index contributed by atoms with van der Waals surface area (Å²) in [5.74, 6) is 1.23. The molecule has 0 bridgehead atoms. The highest BCUT2D eigenvalue weighted by Gasteiger charge is 2.16. The predicted octanol–water partition coefficient (Wildman–Crippen LogP) is 2.24. The van der Waals surface area contributed by atoms with Crippen LogP contribution in [0.1, 0.15) is 30.1 Å². The van der Waals surface area contributed by atoms with Crippen molar-refractivity contribution in [3.63, 3.8) is 0 Å². The van der Waals surface area contributed by atoms with E-state index in [1.54, 1.807) is 12.1 Å². The maximum atomic E-state index is 11.9. The Morgan fingerprint density at radius 3 is 2.84 bits per heavy atom. The fourth-order valence-corrected chi connectivity index (χ4v) is 2.01. The molecule has 1 atom stereocenters. The summed E-state index contributed by atoms with van der Waals surface area (Å²) >= 11 is 0. The lowest BCUT2D eigenvalue weighted by Crippen LogP contribution is -2.29. The van der Waals surface area contributed by atoms with E-state index in [1.807, 2.05) is 12.1 Å². The summed E-state index contributed by atoms with van der Waals surface area (Å²) in [5, 5.41) is 2.94. The zero-order chi connectivity index (χ0) is 13.5. The number of carbonyl (C=O) groups excluding carboxylic acids is 1. The second-order valence-corrected chi connectivity index (χ2v) is 4.81. The van der Waals surface area contributed by atoms with E-state index in [0.29, 0.717) is 24.6 Å². The highest BCUT2D eigenvalue weighted by Crippen LogP contribution is 2.13. The van der Waals surface area contributed by atoms with Gasteiger partial charge in [0.1, 0.15) is 5.75 Å². The highest BCUT2D eigenvalue weighted by molar-refractivity contribution is 5.94. The number of carbonyl (C=O) groups is 1. The smallest absolute Gasteiger partial charge is 0.251 e. The molecule has 1 saturated heterocycles. The number of hydrogen-bond donors (Lipinski definition) is 1. The maximum Gasteiger partial charge on any atom is 0.251 e. The zero-order valence-corrected chi connectivity index (χ0v) is 11.4. The monoisotopic (exact) mass is 263 g/mol. The van der Waals surface area contributed by atoms with E-state index >= 15 is 0 Å². The van der Waals surface area contributed by atoms with Crippen molar-refractivity contribution in [1.82, 2.24) is 5.32 Å². The molecule has 2 rings (SSSR count). The first kappa shape index (κ1) is 13.9. The van der Waals surface area contributed by atoms with Crippen molar-refractivity contribution >= 4 is 5.91 Å². The van der Waals surface area contributed by atoms with E-state index < -0.39 is 0 Å². The summed E-state index contributed by atoms with van der Waals surface area (Å²) in [4.78, 5) is 11.9. The van der Waals surface area contributed by atoms with Crippen LogP contribution in [0.15, 0.2) is 24.3 Å². The second-order valence-electron chi connectivity index (χ2n) is 4.81. The molecule has 0 saturated carbocycles. The van der Waals surface area contributed by atoms with Gasteiger partial charge in [0.2, 0.25) is 0 Å². The Morgan fingerprint density at radius 1 is 1.42 bits per heavy atom. The van der Waals surface area contributed by atoms with Gasteiger partial charge in [0, 0.05) is 24.6 Å². The fourth-order valence-electron chi connectivity index (χ4n) is 2.01. The van der Waals surface area contributed by atoms with E-state index in [1.165, 1.54) is 0 Å². The van der Waals surface area contributed by atoms with Gasteiger partial charge in [0.25, 0.3) is 5.91 Å². The molecule has 0 aromatic heterocycles. The molecule has 0 spiro atoms. The van der Waals surface area contributed by atoms with Gasteiger partial charge in [-0.3, -0.25) is 4.79 Å². The molecule has 0 unspecified atom stereocenters. The molecule has 0 aliphatic carbocycles. The first-order chi connectivity index (χ1) is 9.29. The van der Waals surface area contributed by atoms with Gasteiger partial charge in [-0.05, 0) is 37.1 Å². The number of nitrogens with one attached hydrogen (secondary N) is 1. The summed E-state index contributed by atoms with van der Waals surface area (Å²) in [6.45, 7) is 5.02. The van der Waals surface area contributed by atoms with Crippen LogP contribution < -0.4 is 10.1 Å². The molecule has 104 valence electrons. The van der Waals surface area contributed by atoms with Crippen LogP contribution in [-0.2, 0) is 4.74 Å². The summed E-state index contributed by atoms with van der Waals surface area (Å²) in [7, 11) is 0. The molecule has 0 radical (unpaired) electrons. The third-order valence-electron chi connectivity index (χ3n) is 3.16. The Morgan fingerprint density at radius 2 is 2.21 bits per heavy atom. The number of benzene rings is 1. The van der Waals surface area contributed by atoms with Gasteiger partial charge in [-0.15, -0.1) is 0 Å². The number of ether oxygens (including phenoxy) is 2. The molecule has 1 aromatic carbocycles. The van der Waals surface area contributed by atoms with Gasteiger partial charge in [0.05, 0.1) is 13.2 Å². The Balaban J connectivity index is 1.81. The molecule has 1 aliphatic heterocycles. The average molecular weight is 263 g/mol. The van der Waals surface area contributed by atoms with Crippen molar-refractivity contribution in [3.8, 4) is 5.75 Å². The summed E-state index contributed by atoms with van der Waals surface area (Å²) in [6.07, 6.45) is 2.01. The number of rotatable bonds is 6. The molecular formula is C15H21NO3. The van der Waals surface area contributed by atoms with Crippen LogP contribution >= 0.6 is 0 Å². The molecule has 1 N–H and O–H groups in total. The second kappa shape index (κ2) is 7.14. The maximum absolute atomic E-state index is 11.9. The van der Waals surface area contributed by atoms with Crippen LogP contribution in [0.3, 0.4) is 0 Å². The Labute approximate surface area is 114 Å². The van der Waals surface area contributed by atoms with Crippen LogP contribution in [0.5, 0.6) is 5.75 Å². The topological polar surface area (TPSA) is 47.6 Å². The Hall–Kier alpha value is -1.55. The van der Waals surface area contributed by atoms with Crippen molar-refractivity contribution in [2.24, 2.45) is 5.92 Å². The molecule has 4 heteroatoms. The van der Waals surface area contributed by atoms with E-state index in [-0.39, 0.29) is 5.91 Å². The molecule has 1 aliphatic rings. The van der Waals surface area contributed by atoms with Crippen LogP contribution in [0.4, 0.5) is 0 Å². The zero-order valence-electron chi connectivity index (χ0n) is 11.4. The molecule has 1 amide bonds. The highest BCUT2D eigenvalue weighted by atomic mass is 16.5. The Kier molecular flexibility index (Phi) is 5.21. The quantitative estimate of drug-likeness (QED) is 0.856. The standard InChI is InChI=1S/C15H21NO3/c1-2-8-19-14-5-3-13(4-6-14)15(17)16-10-12-7-9-18-11-12/h3-6,12H,2,7-11H2,1H3,(H,16,17)/t12-/m1/s1. The van der Waals surface area contributed by atoms with Crippen molar-refractivity contribution < 1.29 is 14.3 Å². The molecule has 1 heterocycles. The van der Waals surface area contributed by atoms with E-state index in [2.05, 4.69) is 12.2 Å². The van der Waals surface area contributed by atoms with Crippen LogP contribution in [-0.4, -0.2) is 32.3 Å². The molecule has 19 heavy (non-hydrogen) atoms. The van der Waals surface area contributed by atoms with E-state index in [9.17, 15) is 4.79 Å². The third kappa shape index (κ3) is 4.24. The first-order valence-corrected chi connectivity index (χ1v) is 6.88. The predicted molar refractivity (Wildman–Crippen MR) is 73.5 cm³/mol. The van der Waals surface area contributed by atoms with Crippen molar-refractivity contribution in [2.45, 2.75) is 19.8 Å². The summed E-state index contributed by atoms with van der Waals surface area (Å²) in [6, 6.07) is 7.27. The SMILES string of the molecule is CCCOc1ccc(C(=O)NC[C@H]2CCOC2)cc1. The molecule has 1 aromatic rings. The lowest BCUT2D eigenvalue weighted by Gasteiger charge is -2.10. The van der Waals surface area contributed by atoms with Crippen molar-refractivity contribution in [1.29, 1.82) is 0 Å². The minimum absolute atomic E-state index is 0.0334. The van der Waals surface area contributed by atoms with Crippen LogP contribution in [0, 0.1) is 5.92 Å². The van der Waals surface area contributed by atoms with Gasteiger partial charge in [-0.1, -0.05) is 6.92 Å². The first-order valence-electron chi connectivity index (χ1n) is 6.88. The normalized spacial score (nSPS) is 18.3. The van der Waals surface area contributed by atoms with Gasteiger partial charge in [0.15, 0.2) is 0 Å². The van der Waals surface area contributed by atoms with Gasteiger partial charge >= 0.3 is 0 Å². The van der Waals surface area contributed by atoms with Crippen molar-refractivity contribution in [2.75, 3.05) is 26.4 Å². The van der Waals surface area contributed by atoms with E-state index in [0.717, 1.165) is 31.8 Å². The van der Waals surface area contributed by atoms with E-state index in [4.69, 9.17) is 9.47 Å². The van der Waals surface area contributed by atoms with Crippen molar-refractivity contribution in [3.05, 3.63) is 29.8 Å². The lowest BCUT2D eigenvalue weighted by molar-refractivity contribution is 0.0945. The third-order valence-corrected chi connectivity index (χ3v) is 3.16. The van der Waals surface area contributed by atoms with Gasteiger partial charge in [-0.2, -0.15) is 0 Å². The minimum atomic E-state index is -0.0334. The number of amides is 1. The Bertz CT molecular complexity index is 396. The fraction of sp³-hybridized carbons (Fsp3) is 0.533. The van der Waals surface area contributed by atoms with Crippen LogP contribution in [0.25, 0.3) is 0 Å². The minimum Gasteiger partial charge on any atom is -0.494 e. The average Bonchev–Trinajstić information content (AvgIpc) is 2.96. The lowest BCUT2D eigenvalue weighted by atomic mass is 10.1. The number of hydrogen-bond acceptors (Lipinski definition) is 3. The summed E-state index contributed by atoms with van der Waals surface area (Å²) < 4.78 is 10.8. The molecule has 1 fully saturated rings.